The molecule has 0 saturated carbocycles. The Balaban J connectivity index is 1.39. The topological polar surface area (TPSA) is 99.5 Å². The second kappa shape index (κ2) is 8.55. The minimum absolute atomic E-state index is 0.378. The predicted octanol–water partition coefficient (Wildman–Crippen LogP) is 3.25. The van der Waals surface area contributed by atoms with Crippen molar-refractivity contribution in [3.05, 3.63) is 72.4 Å². The first kappa shape index (κ1) is 21.0. The van der Waals surface area contributed by atoms with Crippen molar-refractivity contribution >= 4 is 28.9 Å². The first-order valence-electron chi connectivity index (χ1n) is 10.9. The molecule has 3 N–H and O–H groups in total. The fraction of sp³-hybridized carbons (Fsp3) is 0.240. The van der Waals surface area contributed by atoms with Gasteiger partial charge >= 0.3 is 0 Å². The van der Waals surface area contributed by atoms with Gasteiger partial charge in [-0.3, -0.25) is 14.9 Å². The monoisotopic (exact) mass is 443 g/mol. The van der Waals surface area contributed by atoms with Gasteiger partial charge in [-0.2, -0.15) is 0 Å². The molecule has 2 aromatic heterocycles. The van der Waals surface area contributed by atoms with E-state index in [9.17, 15) is 9.59 Å². The van der Waals surface area contributed by atoms with Crippen LogP contribution in [0.5, 0.6) is 0 Å². The van der Waals surface area contributed by atoms with Gasteiger partial charge in [-0.15, -0.1) is 0 Å². The van der Waals surface area contributed by atoms with Crippen LogP contribution in [0.3, 0.4) is 0 Å². The van der Waals surface area contributed by atoms with Crippen molar-refractivity contribution in [2.45, 2.75) is 25.9 Å². The Morgan fingerprint density at radius 3 is 2.55 bits per heavy atom. The van der Waals surface area contributed by atoms with E-state index in [2.05, 4.69) is 39.7 Å². The van der Waals surface area contributed by atoms with Crippen molar-refractivity contribution in [2.24, 2.45) is 0 Å². The molecule has 8 heteroatoms. The van der Waals surface area contributed by atoms with E-state index in [1.165, 1.54) is 0 Å². The van der Waals surface area contributed by atoms with Crippen LogP contribution in [0.25, 0.3) is 16.7 Å². The number of amides is 2. The molecule has 2 aliphatic heterocycles. The van der Waals surface area contributed by atoms with Gasteiger partial charge in [-0.1, -0.05) is 6.07 Å². The molecule has 1 aromatic carbocycles. The van der Waals surface area contributed by atoms with E-state index < -0.39 is 11.8 Å². The van der Waals surface area contributed by atoms with Gasteiger partial charge in [0.2, 0.25) is 0 Å². The number of fused-ring (bicyclic) bond motifs is 1. The highest BCUT2D eigenvalue weighted by atomic mass is 16.3. The molecule has 168 valence electrons. The summed E-state index contributed by atoms with van der Waals surface area (Å²) in [6.07, 6.45) is 6.58. The van der Waals surface area contributed by atoms with Gasteiger partial charge in [-0.25, -0.2) is 4.98 Å². The lowest BCUT2D eigenvalue weighted by molar-refractivity contribution is -0.114. The van der Waals surface area contributed by atoms with E-state index >= 15 is 0 Å². The fourth-order valence-electron chi connectivity index (χ4n) is 4.40. The molecule has 2 aliphatic rings. The Morgan fingerprint density at radius 1 is 1.03 bits per heavy atom. The minimum Gasteiger partial charge on any atom is -0.472 e. The second-order valence-electron chi connectivity index (χ2n) is 8.54. The number of furan rings is 1. The maximum atomic E-state index is 12.6. The summed E-state index contributed by atoms with van der Waals surface area (Å²) in [7, 11) is 0. The number of aromatic nitrogens is 1. The number of carbonyl (C=O) groups is 2. The van der Waals surface area contributed by atoms with E-state index in [4.69, 9.17) is 4.42 Å². The Labute approximate surface area is 191 Å². The summed E-state index contributed by atoms with van der Waals surface area (Å²) >= 11 is 0. The second-order valence-corrected chi connectivity index (χ2v) is 8.54. The number of benzene rings is 1. The predicted molar refractivity (Wildman–Crippen MR) is 127 cm³/mol. The largest absolute Gasteiger partial charge is 0.472 e. The normalized spacial score (nSPS) is 21.6. The Hall–Kier alpha value is -3.91. The van der Waals surface area contributed by atoms with E-state index in [1.807, 2.05) is 30.3 Å². The Bertz CT molecular complexity index is 1210. The van der Waals surface area contributed by atoms with Crippen molar-refractivity contribution in [1.82, 2.24) is 15.6 Å². The van der Waals surface area contributed by atoms with Crippen LogP contribution in [0.15, 0.2) is 65.7 Å². The van der Waals surface area contributed by atoms with Crippen LogP contribution >= 0.6 is 0 Å². The average Bonchev–Trinajstić information content (AvgIpc) is 3.33. The molecule has 8 nitrogen and oxygen atoms in total. The third-order valence-corrected chi connectivity index (χ3v) is 5.89. The summed E-state index contributed by atoms with van der Waals surface area (Å²) in [6, 6.07) is 11.9. The minimum atomic E-state index is -0.447. The highest BCUT2D eigenvalue weighted by Gasteiger charge is 2.28. The number of imide groups is 1. The molecule has 33 heavy (non-hydrogen) atoms. The number of piperazine rings is 1. The van der Waals surface area contributed by atoms with Gasteiger partial charge in [0.1, 0.15) is 5.82 Å². The molecular formula is C25H25N5O3. The van der Waals surface area contributed by atoms with Gasteiger partial charge < -0.3 is 20.0 Å². The maximum absolute atomic E-state index is 12.6. The van der Waals surface area contributed by atoms with E-state index in [0.717, 1.165) is 35.7 Å². The molecule has 0 aliphatic carbocycles. The molecule has 0 unspecified atom stereocenters. The van der Waals surface area contributed by atoms with Crippen LogP contribution in [0, 0.1) is 0 Å². The van der Waals surface area contributed by atoms with Crippen LogP contribution in [-0.2, 0) is 4.79 Å². The molecule has 5 rings (SSSR count). The molecule has 1 fully saturated rings. The summed E-state index contributed by atoms with van der Waals surface area (Å²) in [4.78, 5) is 31.8. The van der Waals surface area contributed by atoms with Crippen molar-refractivity contribution in [2.75, 3.05) is 23.3 Å². The first-order chi connectivity index (χ1) is 16.0. The maximum Gasteiger partial charge on any atom is 0.260 e. The number of hydrogen-bond donors (Lipinski definition) is 3. The molecule has 3 aromatic rings. The zero-order valence-electron chi connectivity index (χ0n) is 18.5. The molecule has 2 amide bonds. The molecule has 4 heterocycles. The van der Waals surface area contributed by atoms with Crippen LogP contribution < -0.4 is 20.9 Å². The molecule has 0 bridgehead atoms. The van der Waals surface area contributed by atoms with Crippen molar-refractivity contribution in [3.63, 3.8) is 0 Å². The summed E-state index contributed by atoms with van der Waals surface area (Å²) < 4.78 is 5.17. The number of nitrogens with one attached hydrogen (secondary N) is 3. The standard InChI is InChI=1S/C25H25N5O3/c1-15-12-30(13-16(2)28-15)23-6-4-19(10-27-23)26-11-22-21-9-17(18-7-8-33-14-18)3-5-20(21)24(31)29-25(22)32/h3-11,14-16,26,28H,12-13H2,1-2H3,(H,29,31,32)/b22-11-/t15-,16+. The lowest BCUT2D eigenvalue weighted by Crippen LogP contribution is -2.54. The molecule has 2 atom stereocenters. The lowest BCUT2D eigenvalue weighted by Gasteiger charge is -2.36. The average molecular weight is 444 g/mol. The quantitative estimate of drug-likeness (QED) is 0.420. The third kappa shape index (κ3) is 4.25. The zero-order chi connectivity index (χ0) is 22.9. The zero-order valence-corrected chi connectivity index (χ0v) is 18.5. The number of carbonyl (C=O) groups excluding carboxylic acids is 2. The lowest BCUT2D eigenvalue weighted by atomic mass is 9.92. The van der Waals surface area contributed by atoms with Gasteiger partial charge in [-0.05, 0) is 49.7 Å². The van der Waals surface area contributed by atoms with Gasteiger partial charge in [0.05, 0.1) is 30.0 Å². The number of nitrogens with zero attached hydrogens (tertiary/aromatic N) is 2. The molecule has 0 spiro atoms. The van der Waals surface area contributed by atoms with Gasteiger partial charge in [0.25, 0.3) is 11.8 Å². The van der Waals surface area contributed by atoms with Crippen LogP contribution in [-0.4, -0.2) is 42.0 Å². The molecule has 1 saturated heterocycles. The van der Waals surface area contributed by atoms with E-state index in [0.29, 0.717) is 28.8 Å². The van der Waals surface area contributed by atoms with Crippen LogP contribution in [0.1, 0.15) is 29.8 Å². The fourth-order valence-corrected chi connectivity index (χ4v) is 4.40. The van der Waals surface area contributed by atoms with Crippen LogP contribution in [0.4, 0.5) is 11.5 Å². The number of hydrogen-bond acceptors (Lipinski definition) is 7. The summed E-state index contributed by atoms with van der Waals surface area (Å²) in [6.45, 7) is 6.14. The molecule has 0 radical (unpaired) electrons. The summed E-state index contributed by atoms with van der Waals surface area (Å²) in [5.74, 6) is 0.0682. The number of rotatable bonds is 4. The van der Waals surface area contributed by atoms with E-state index in [1.54, 1.807) is 31.0 Å². The summed E-state index contributed by atoms with van der Waals surface area (Å²) in [5.41, 5.74) is 3.89. The smallest absolute Gasteiger partial charge is 0.260 e. The van der Waals surface area contributed by atoms with Crippen molar-refractivity contribution < 1.29 is 14.0 Å². The highest BCUT2D eigenvalue weighted by molar-refractivity contribution is 6.31. The Kier molecular flexibility index (Phi) is 5.43. The van der Waals surface area contributed by atoms with E-state index in [-0.39, 0.29) is 0 Å². The number of anilines is 2. The van der Waals surface area contributed by atoms with Crippen LogP contribution in [0.2, 0.25) is 0 Å². The Morgan fingerprint density at radius 2 is 1.85 bits per heavy atom. The summed E-state index contributed by atoms with van der Waals surface area (Å²) in [5, 5.41) is 9.08. The van der Waals surface area contributed by atoms with Crippen molar-refractivity contribution in [3.8, 4) is 11.1 Å². The van der Waals surface area contributed by atoms with Gasteiger partial charge in [0, 0.05) is 48.1 Å². The number of pyridine rings is 1. The SMILES string of the molecule is C[C@@H]1CN(c2ccc(N/C=C3\C(=O)NC(=O)c4ccc(-c5ccoc5)cc43)cn2)C[C@H](C)N1. The highest BCUT2D eigenvalue weighted by Crippen LogP contribution is 2.30. The third-order valence-electron chi connectivity index (χ3n) is 5.89. The first-order valence-corrected chi connectivity index (χ1v) is 10.9. The van der Waals surface area contributed by atoms with Gasteiger partial charge in [0.15, 0.2) is 0 Å². The molecular weight excluding hydrogens is 418 g/mol. The van der Waals surface area contributed by atoms with Crippen molar-refractivity contribution in [1.29, 1.82) is 0 Å².